The fourth-order valence-corrected chi connectivity index (χ4v) is 3.75. The standard InChI is InChI=1S/C14H21NO5S/c1-19-12-8-11(9-13(20-2)14(12)16)10-15-4-3-6-21(17,18)7-5-15/h8-9,16H,3-7,10H2,1-2H3. The number of phenolic OH excluding ortho intramolecular Hbond substituents is 1. The number of nitrogens with zero attached hydrogens (tertiary/aromatic N) is 1. The van der Waals surface area contributed by atoms with Gasteiger partial charge in [0.25, 0.3) is 0 Å². The molecule has 0 saturated carbocycles. The lowest BCUT2D eigenvalue weighted by Gasteiger charge is -2.20. The Morgan fingerprint density at radius 2 is 1.76 bits per heavy atom. The Hall–Kier alpha value is -1.47. The Bertz CT molecular complexity index is 574. The van der Waals surface area contributed by atoms with Crippen molar-refractivity contribution in [2.45, 2.75) is 13.0 Å². The predicted octanol–water partition coefficient (Wildman–Crippen LogP) is 1.03. The normalized spacial score (nSPS) is 19.0. The smallest absolute Gasteiger partial charge is 0.200 e. The van der Waals surface area contributed by atoms with Crippen LogP contribution in [0.3, 0.4) is 0 Å². The molecule has 7 heteroatoms. The molecule has 21 heavy (non-hydrogen) atoms. The van der Waals surface area contributed by atoms with Crippen molar-refractivity contribution in [2.75, 3.05) is 38.8 Å². The largest absolute Gasteiger partial charge is 0.502 e. The SMILES string of the molecule is COc1cc(CN2CCCS(=O)(=O)CC2)cc(OC)c1O. The Kier molecular flexibility index (Phi) is 4.95. The molecule has 118 valence electrons. The van der Waals surface area contributed by atoms with Gasteiger partial charge in [0.05, 0.1) is 25.7 Å². The van der Waals surface area contributed by atoms with E-state index in [1.54, 1.807) is 12.1 Å². The van der Waals surface area contributed by atoms with Gasteiger partial charge in [-0.15, -0.1) is 0 Å². The Labute approximate surface area is 125 Å². The van der Waals surface area contributed by atoms with E-state index in [2.05, 4.69) is 4.90 Å². The molecule has 1 aromatic carbocycles. The maximum atomic E-state index is 11.6. The summed E-state index contributed by atoms with van der Waals surface area (Å²) in [4.78, 5) is 2.09. The van der Waals surface area contributed by atoms with Crippen LogP contribution in [-0.2, 0) is 16.4 Å². The molecule has 1 saturated heterocycles. The highest BCUT2D eigenvalue weighted by Crippen LogP contribution is 2.37. The molecule has 0 unspecified atom stereocenters. The van der Waals surface area contributed by atoms with Crippen molar-refractivity contribution in [3.63, 3.8) is 0 Å². The van der Waals surface area contributed by atoms with Gasteiger partial charge in [0.1, 0.15) is 0 Å². The van der Waals surface area contributed by atoms with E-state index < -0.39 is 9.84 Å². The quantitative estimate of drug-likeness (QED) is 0.894. The maximum Gasteiger partial charge on any atom is 0.200 e. The minimum absolute atomic E-state index is 0.0257. The van der Waals surface area contributed by atoms with E-state index in [-0.39, 0.29) is 17.3 Å². The molecule has 1 aliphatic heterocycles. The van der Waals surface area contributed by atoms with Crippen molar-refractivity contribution in [2.24, 2.45) is 0 Å². The number of phenols is 1. The first-order chi connectivity index (χ1) is 9.95. The van der Waals surface area contributed by atoms with Crippen molar-refractivity contribution in [1.82, 2.24) is 4.90 Å². The third-order valence-corrected chi connectivity index (χ3v) is 5.31. The molecular weight excluding hydrogens is 294 g/mol. The summed E-state index contributed by atoms with van der Waals surface area (Å²) in [6.45, 7) is 1.86. The zero-order valence-electron chi connectivity index (χ0n) is 12.3. The van der Waals surface area contributed by atoms with Crippen molar-refractivity contribution in [3.8, 4) is 17.2 Å². The zero-order chi connectivity index (χ0) is 15.5. The van der Waals surface area contributed by atoms with Crippen molar-refractivity contribution in [1.29, 1.82) is 0 Å². The van der Waals surface area contributed by atoms with Gasteiger partial charge in [-0.3, -0.25) is 4.90 Å². The van der Waals surface area contributed by atoms with E-state index in [9.17, 15) is 13.5 Å². The van der Waals surface area contributed by atoms with Crippen LogP contribution in [-0.4, -0.2) is 57.2 Å². The number of hydrogen-bond acceptors (Lipinski definition) is 6. The molecule has 0 aliphatic carbocycles. The predicted molar refractivity (Wildman–Crippen MR) is 79.8 cm³/mol. The Balaban J connectivity index is 2.15. The van der Waals surface area contributed by atoms with E-state index in [0.717, 1.165) is 12.1 Å². The van der Waals surface area contributed by atoms with Crippen molar-refractivity contribution in [3.05, 3.63) is 17.7 Å². The monoisotopic (exact) mass is 315 g/mol. The second kappa shape index (κ2) is 6.53. The summed E-state index contributed by atoms with van der Waals surface area (Å²) < 4.78 is 33.5. The van der Waals surface area contributed by atoms with Crippen molar-refractivity contribution < 1.29 is 23.0 Å². The third-order valence-electron chi connectivity index (χ3n) is 3.59. The summed E-state index contributed by atoms with van der Waals surface area (Å²) in [5, 5.41) is 9.89. The van der Waals surface area contributed by atoms with Gasteiger partial charge in [-0.1, -0.05) is 0 Å². The first kappa shape index (κ1) is 15.9. The van der Waals surface area contributed by atoms with E-state index >= 15 is 0 Å². The van der Waals surface area contributed by atoms with Gasteiger partial charge in [0, 0.05) is 13.1 Å². The summed E-state index contributed by atoms with van der Waals surface area (Å²) >= 11 is 0. The molecule has 1 aliphatic rings. The topological polar surface area (TPSA) is 76.1 Å². The fraction of sp³-hybridized carbons (Fsp3) is 0.571. The summed E-state index contributed by atoms with van der Waals surface area (Å²) in [6.07, 6.45) is 0.648. The molecule has 0 bridgehead atoms. The molecule has 0 aromatic heterocycles. The lowest BCUT2D eigenvalue weighted by molar-refractivity contribution is 0.284. The van der Waals surface area contributed by atoms with Gasteiger partial charge in [-0.25, -0.2) is 8.42 Å². The maximum absolute atomic E-state index is 11.6. The van der Waals surface area contributed by atoms with E-state index in [4.69, 9.17) is 9.47 Å². The highest BCUT2D eigenvalue weighted by atomic mass is 32.2. The molecule has 0 atom stereocenters. The van der Waals surface area contributed by atoms with Crippen LogP contribution in [0, 0.1) is 0 Å². The fourth-order valence-electron chi connectivity index (χ4n) is 2.45. The molecule has 6 nitrogen and oxygen atoms in total. The zero-order valence-corrected chi connectivity index (χ0v) is 13.1. The molecule has 1 N–H and O–H groups in total. The van der Waals surface area contributed by atoms with E-state index in [1.807, 2.05) is 0 Å². The van der Waals surface area contributed by atoms with Crippen LogP contribution in [0.5, 0.6) is 17.2 Å². The average molecular weight is 315 g/mol. The lowest BCUT2D eigenvalue weighted by atomic mass is 10.1. The number of hydrogen-bond donors (Lipinski definition) is 1. The van der Waals surface area contributed by atoms with Gasteiger partial charge in [-0.05, 0) is 30.7 Å². The summed E-state index contributed by atoms with van der Waals surface area (Å²) in [5.41, 5.74) is 0.917. The van der Waals surface area contributed by atoms with Crippen molar-refractivity contribution >= 4 is 9.84 Å². The Morgan fingerprint density at radius 1 is 1.14 bits per heavy atom. The number of ether oxygens (including phenoxy) is 2. The number of aromatic hydroxyl groups is 1. The molecular formula is C14H21NO5S. The summed E-state index contributed by atoms with van der Waals surface area (Å²) in [7, 11) is 0.0580. The number of rotatable bonds is 4. The van der Waals surface area contributed by atoms with Crippen LogP contribution in [0.1, 0.15) is 12.0 Å². The van der Waals surface area contributed by atoms with Crippen LogP contribution in [0.15, 0.2) is 12.1 Å². The van der Waals surface area contributed by atoms with Gasteiger partial charge >= 0.3 is 0 Å². The van der Waals surface area contributed by atoms with Gasteiger partial charge in [-0.2, -0.15) is 0 Å². The average Bonchev–Trinajstić information content (AvgIpc) is 2.62. The Morgan fingerprint density at radius 3 is 2.33 bits per heavy atom. The highest BCUT2D eigenvalue weighted by Gasteiger charge is 2.20. The second-order valence-corrected chi connectivity index (χ2v) is 7.43. The first-order valence-corrected chi connectivity index (χ1v) is 8.64. The van der Waals surface area contributed by atoms with Gasteiger partial charge in [0.15, 0.2) is 21.3 Å². The molecule has 0 spiro atoms. The molecule has 2 rings (SSSR count). The lowest BCUT2D eigenvalue weighted by Crippen LogP contribution is -2.26. The number of benzene rings is 1. The summed E-state index contributed by atoms with van der Waals surface area (Å²) in [5.74, 6) is 1.13. The first-order valence-electron chi connectivity index (χ1n) is 6.82. The van der Waals surface area contributed by atoms with Crippen LogP contribution in [0.4, 0.5) is 0 Å². The van der Waals surface area contributed by atoms with Crippen LogP contribution in [0.25, 0.3) is 0 Å². The van der Waals surface area contributed by atoms with Crippen LogP contribution < -0.4 is 9.47 Å². The molecule has 1 heterocycles. The molecule has 1 aromatic rings. The van der Waals surface area contributed by atoms with E-state index in [1.165, 1.54) is 14.2 Å². The van der Waals surface area contributed by atoms with Crippen LogP contribution >= 0.6 is 0 Å². The number of methoxy groups -OCH3 is 2. The third kappa shape index (κ3) is 4.01. The number of sulfone groups is 1. The highest BCUT2D eigenvalue weighted by molar-refractivity contribution is 7.91. The van der Waals surface area contributed by atoms with E-state index in [0.29, 0.717) is 31.0 Å². The van der Waals surface area contributed by atoms with Crippen LogP contribution in [0.2, 0.25) is 0 Å². The second-order valence-electron chi connectivity index (χ2n) is 5.13. The summed E-state index contributed by atoms with van der Waals surface area (Å²) in [6, 6.07) is 3.49. The molecule has 0 radical (unpaired) electrons. The minimum atomic E-state index is -2.91. The van der Waals surface area contributed by atoms with Gasteiger partial charge < -0.3 is 14.6 Å². The molecule has 1 fully saturated rings. The van der Waals surface area contributed by atoms with Gasteiger partial charge in [0.2, 0.25) is 5.75 Å². The molecule has 0 amide bonds. The minimum Gasteiger partial charge on any atom is -0.502 e.